The van der Waals surface area contributed by atoms with Crippen LogP contribution in [0.3, 0.4) is 0 Å². The SMILES string of the molecule is CC(C)CN1CCC(O)(c2csc(CN3CCC(O)C3)n2)CC1. The fourth-order valence-corrected chi connectivity index (χ4v) is 4.55. The van der Waals surface area contributed by atoms with Crippen molar-refractivity contribution in [3.05, 3.63) is 16.1 Å². The fraction of sp³-hybridized carbons (Fsp3) is 0.824. The fourth-order valence-electron chi connectivity index (χ4n) is 3.62. The van der Waals surface area contributed by atoms with Gasteiger partial charge in [-0.15, -0.1) is 11.3 Å². The minimum atomic E-state index is -0.757. The molecule has 0 saturated carbocycles. The monoisotopic (exact) mass is 339 g/mol. The molecule has 2 aliphatic rings. The third kappa shape index (κ3) is 4.31. The minimum Gasteiger partial charge on any atom is -0.392 e. The predicted octanol–water partition coefficient (Wildman–Crippen LogP) is 1.65. The first-order valence-electron chi connectivity index (χ1n) is 8.74. The largest absolute Gasteiger partial charge is 0.392 e. The van der Waals surface area contributed by atoms with E-state index in [2.05, 4.69) is 23.6 Å². The summed E-state index contributed by atoms with van der Waals surface area (Å²) in [7, 11) is 0. The van der Waals surface area contributed by atoms with Crippen molar-refractivity contribution in [3.8, 4) is 0 Å². The molecule has 0 bridgehead atoms. The van der Waals surface area contributed by atoms with Gasteiger partial charge in [0.25, 0.3) is 0 Å². The van der Waals surface area contributed by atoms with Crippen LogP contribution in [0.2, 0.25) is 0 Å². The lowest BCUT2D eigenvalue weighted by atomic mass is 9.88. The molecule has 0 amide bonds. The molecule has 2 saturated heterocycles. The van der Waals surface area contributed by atoms with Gasteiger partial charge < -0.3 is 15.1 Å². The van der Waals surface area contributed by atoms with Crippen LogP contribution in [0, 0.1) is 5.92 Å². The van der Waals surface area contributed by atoms with E-state index in [1.54, 1.807) is 11.3 Å². The maximum Gasteiger partial charge on any atom is 0.110 e. The first kappa shape index (κ1) is 17.3. The van der Waals surface area contributed by atoms with Gasteiger partial charge in [-0.2, -0.15) is 0 Å². The summed E-state index contributed by atoms with van der Waals surface area (Å²) < 4.78 is 0. The van der Waals surface area contributed by atoms with Crippen molar-refractivity contribution >= 4 is 11.3 Å². The van der Waals surface area contributed by atoms with Crippen molar-refractivity contribution in [1.29, 1.82) is 0 Å². The molecule has 0 spiro atoms. The van der Waals surface area contributed by atoms with Crippen LogP contribution >= 0.6 is 11.3 Å². The van der Waals surface area contributed by atoms with E-state index in [0.717, 1.165) is 69.2 Å². The highest BCUT2D eigenvalue weighted by Crippen LogP contribution is 2.34. The summed E-state index contributed by atoms with van der Waals surface area (Å²) in [4.78, 5) is 9.39. The Bertz CT molecular complexity index is 512. The van der Waals surface area contributed by atoms with Crippen LogP contribution in [0.5, 0.6) is 0 Å². The average Bonchev–Trinajstić information content (AvgIpc) is 3.11. The molecule has 0 aromatic carbocycles. The third-order valence-electron chi connectivity index (χ3n) is 4.94. The molecule has 1 atom stereocenters. The Kier molecular flexibility index (Phi) is 5.38. The molecular weight excluding hydrogens is 310 g/mol. The van der Waals surface area contributed by atoms with Gasteiger partial charge in [0.15, 0.2) is 0 Å². The van der Waals surface area contributed by atoms with E-state index in [-0.39, 0.29) is 6.10 Å². The Hall–Kier alpha value is -0.530. The van der Waals surface area contributed by atoms with E-state index in [1.807, 2.05) is 5.38 Å². The number of aliphatic hydroxyl groups is 2. The molecule has 6 heteroatoms. The Morgan fingerprint density at radius 3 is 2.65 bits per heavy atom. The number of aliphatic hydroxyl groups excluding tert-OH is 1. The second kappa shape index (κ2) is 7.15. The number of rotatable bonds is 5. The van der Waals surface area contributed by atoms with Gasteiger partial charge in [0.2, 0.25) is 0 Å². The number of piperidine rings is 1. The van der Waals surface area contributed by atoms with E-state index in [0.29, 0.717) is 5.92 Å². The lowest BCUT2D eigenvalue weighted by Gasteiger charge is -2.37. The van der Waals surface area contributed by atoms with E-state index in [4.69, 9.17) is 4.98 Å². The number of likely N-dealkylation sites (tertiary alicyclic amines) is 2. The van der Waals surface area contributed by atoms with Gasteiger partial charge >= 0.3 is 0 Å². The summed E-state index contributed by atoms with van der Waals surface area (Å²) in [6.45, 7) is 9.94. The highest BCUT2D eigenvalue weighted by molar-refractivity contribution is 7.09. The summed E-state index contributed by atoms with van der Waals surface area (Å²) >= 11 is 1.63. The molecule has 3 rings (SSSR count). The van der Waals surface area contributed by atoms with E-state index < -0.39 is 5.60 Å². The van der Waals surface area contributed by atoms with Crippen LogP contribution in [0.4, 0.5) is 0 Å². The van der Waals surface area contributed by atoms with Gasteiger partial charge in [-0.05, 0) is 25.2 Å². The molecule has 2 aliphatic heterocycles. The number of β-amino-alcohol motifs (C(OH)–C–C–N with tert-alkyl or cyclic N) is 1. The van der Waals surface area contributed by atoms with E-state index in [9.17, 15) is 10.2 Å². The highest BCUT2D eigenvalue weighted by Gasteiger charge is 2.36. The molecule has 2 N–H and O–H groups in total. The van der Waals surface area contributed by atoms with Crippen molar-refractivity contribution < 1.29 is 10.2 Å². The summed E-state index contributed by atoms with van der Waals surface area (Å²) in [5.41, 5.74) is 0.0914. The Morgan fingerprint density at radius 2 is 2.04 bits per heavy atom. The summed E-state index contributed by atoms with van der Waals surface area (Å²) in [6.07, 6.45) is 2.20. The number of thiazole rings is 1. The van der Waals surface area contributed by atoms with Crippen LogP contribution in [-0.2, 0) is 12.1 Å². The zero-order chi connectivity index (χ0) is 16.4. The van der Waals surface area contributed by atoms with E-state index >= 15 is 0 Å². The van der Waals surface area contributed by atoms with Crippen molar-refractivity contribution in [2.45, 2.75) is 51.4 Å². The van der Waals surface area contributed by atoms with Crippen molar-refractivity contribution in [3.63, 3.8) is 0 Å². The standard InChI is InChI=1S/C17H29N3O2S/c1-13(2)9-19-7-4-17(22,5-8-19)15-12-23-16(18-15)11-20-6-3-14(21)10-20/h12-14,21-22H,3-11H2,1-2H3. The molecule has 0 aliphatic carbocycles. The van der Waals surface area contributed by atoms with Crippen molar-refractivity contribution in [1.82, 2.24) is 14.8 Å². The van der Waals surface area contributed by atoms with Crippen LogP contribution < -0.4 is 0 Å². The molecule has 130 valence electrons. The van der Waals surface area contributed by atoms with Crippen molar-refractivity contribution in [2.75, 3.05) is 32.7 Å². The maximum atomic E-state index is 11.0. The van der Waals surface area contributed by atoms with Gasteiger partial charge in [-0.25, -0.2) is 4.98 Å². The summed E-state index contributed by atoms with van der Waals surface area (Å²) in [5.74, 6) is 0.669. The van der Waals surface area contributed by atoms with Gasteiger partial charge in [0.05, 0.1) is 18.3 Å². The Labute approximate surface area is 142 Å². The predicted molar refractivity (Wildman–Crippen MR) is 92.4 cm³/mol. The van der Waals surface area contributed by atoms with Crippen LogP contribution in [0.1, 0.15) is 43.8 Å². The van der Waals surface area contributed by atoms with Crippen LogP contribution in [0.25, 0.3) is 0 Å². The normalized spacial score (nSPS) is 26.2. The lowest BCUT2D eigenvalue weighted by molar-refractivity contribution is -0.0309. The number of nitrogens with zero attached hydrogens (tertiary/aromatic N) is 3. The Balaban J connectivity index is 1.57. The second-order valence-corrected chi connectivity index (χ2v) is 8.47. The molecule has 1 aromatic heterocycles. The first-order valence-corrected chi connectivity index (χ1v) is 9.62. The number of hydrogen-bond acceptors (Lipinski definition) is 6. The highest BCUT2D eigenvalue weighted by atomic mass is 32.1. The van der Waals surface area contributed by atoms with Crippen LogP contribution in [-0.4, -0.2) is 63.8 Å². The Morgan fingerprint density at radius 1 is 1.30 bits per heavy atom. The molecule has 1 aromatic rings. The molecule has 3 heterocycles. The zero-order valence-electron chi connectivity index (χ0n) is 14.2. The van der Waals surface area contributed by atoms with Crippen LogP contribution in [0.15, 0.2) is 5.38 Å². The average molecular weight is 340 g/mol. The summed E-state index contributed by atoms with van der Waals surface area (Å²) in [6, 6.07) is 0. The molecule has 5 nitrogen and oxygen atoms in total. The number of aromatic nitrogens is 1. The first-order chi connectivity index (χ1) is 10.9. The lowest BCUT2D eigenvalue weighted by Crippen LogP contribution is -2.44. The van der Waals surface area contributed by atoms with Gasteiger partial charge in [-0.3, -0.25) is 4.90 Å². The van der Waals surface area contributed by atoms with Gasteiger partial charge in [-0.1, -0.05) is 13.8 Å². The quantitative estimate of drug-likeness (QED) is 0.854. The smallest absolute Gasteiger partial charge is 0.110 e. The molecule has 0 radical (unpaired) electrons. The minimum absolute atomic E-state index is 0.191. The summed E-state index contributed by atoms with van der Waals surface area (Å²) in [5, 5.41) is 23.7. The number of hydrogen-bond donors (Lipinski definition) is 2. The third-order valence-corrected chi connectivity index (χ3v) is 5.78. The zero-order valence-corrected chi connectivity index (χ0v) is 15.1. The maximum absolute atomic E-state index is 11.0. The molecule has 1 unspecified atom stereocenters. The van der Waals surface area contributed by atoms with E-state index in [1.165, 1.54) is 0 Å². The molecule has 23 heavy (non-hydrogen) atoms. The van der Waals surface area contributed by atoms with Crippen molar-refractivity contribution in [2.24, 2.45) is 5.92 Å². The van der Waals surface area contributed by atoms with Gasteiger partial charge in [0, 0.05) is 38.1 Å². The molecular formula is C17H29N3O2S. The van der Waals surface area contributed by atoms with Gasteiger partial charge in [0.1, 0.15) is 10.6 Å². The topological polar surface area (TPSA) is 59.8 Å². The second-order valence-electron chi connectivity index (χ2n) is 7.53. The molecule has 2 fully saturated rings.